The minimum Gasteiger partial charge on any atom is -0.375 e. The number of hydrogen-bond donors (Lipinski definition) is 1. The van der Waals surface area contributed by atoms with E-state index in [9.17, 15) is 14.4 Å². The highest BCUT2D eigenvalue weighted by atomic mass is 16.5. The van der Waals surface area contributed by atoms with Crippen molar-refractivity contribution in [2.24, 2.45) is 0 Å². The zero-order valence-electron chi connectivity index (χ0n) is 21.3. The van der Waals surface area contributed by atoms with Gasteiger partial charge in [0.25, 0.3) is 5.91 Å². The van der Waals surface area contributed by atoms with Crippen LogP contribution in [0.2, 0.25) is 0 Å². The van der Waals surface area contributed by atoms with Gasteiger partial charge < -0.3 is 19.4 Å². The number of carbonyl (C=O) groups is 3. The monoisotopic (exact) mass is 494 g/mol. The largest absolute Gasteiger partial charge is 0.375 e. The average molecular weight is 495 g/mol. The molecule has 1 atom stereocenters. The van der Waals surface area contributed by atoms with E-state index in [2.05, 4.69) is 34.3 Å². The van der Waals surface area contributed by atoms with Crippen molar-refractivity contribution < 1.29 is 19.1 Å². The molecule has 6 rings (SSSR count). The normalized spacial score (nSPS) is 30.9. The second kappa shape index (κ2) is 9.88. The van der Waals surface area contributed by atoms with Crippen LogP contribution in [0.5, 0.6) is 0 Å². The van der Waals surface area contributed by atoms with Gasteiger partial charge in [-0.1, -0.05) is 12.1 Å². The van der Waals surface area contributed by atoms with E-state index < -0.39 is 6.04 Å². The Hall–Kier alpha value is -2.29. The minimum absolute atomic E-state index is 0.0946. The number of nitrogens with one attached hydrogen (secondary N) is 1. The third kappa shape index (κ3) is 4.71. The number of imide groups is 1. The molecule has 3 amide bonds. The van der Waals surface area contributed by atoms with Crippen LogP contribution in [0.4, 0.5) is 0 Å². The van der Waals surface area contributed by atoms with Gasteiger partial charge in [-0.3, -0.25) is 19.7 Å². The molecule has 5 aliphatic rings. The van der Waals surface area contributed by atoms with Crippen molar-refractivity contribution in [3.63, 3.8) is 0 Å². The summed E-state index contributed by atoms with van der Waals surface area (Å²) in [6, 6.07) is 6.36. The molecule has 4 heterocycles. The highest BCUT2D eigenvalue weighted by Gasteiger charge is 2.40. The number of carbonyl (C=O) groups excluding carboxylic acids is 3. The second-order valence-corrected chi connectivity index (χ2v) is 11.5. The molecular formula is C28H38N4O4. The topological polar surface area (TPSA) is 82.2 Å². The molecule has 8 nitrogen and oxygen atoms in total. The first kappa shape index (κ1) is 24.1. The number of fused-ring (bicyclic) bond motifs is 1. The van der Waals surface area contributed by atoms with Gasteiger partial charge in [-0.25, -0.2) is 0 Å². The fraction of sp³-hybridized carbons (Fsp3) is 0.679. The molecular weight excluding hydrogens is 456 g/mol. The van der Waals surface area contributed by atoms with E-state index in [0.29, 0.717) is 42.7 Å². The smallest absolute Gasteiger partial charge is 0.255 e. The van der Waals surface area contributed by atoms with Crippen LogP contribution in [0.25, 0.3) is 0 Å². The van der Waals surface area contributed by atoms with Gasteiger partial charge in [-0.05, 0) is 88.2 Å². The third-order valence-electron chi connectivity index (χ3n) is 9.19. The van der Waals surface area contributed by atoms with Crippen LogP contribution in [0.15, 0.2) is 18.2 Å². The molecule has 8 heteroatoms. The number of likely N-dealkylation sites (tertiary alicyclic amines) is 2. The Morgan fingerprint density at radius 1 is 0.917 bits per heavy atom. The standard InChI is InChI=1S/C28H38N4O4/c1-30-10-8-22(9-11-30)36-23-15-21(16-23)31-12-6-18(7-13-31)19-2-3-24-20(14-19)17-32(28(24)35)25-4-5-26(33)29-27(25)34/h2-3,14,18,21-23,25H,4-13,15-17H2,1H3,(H,29,33,34). The molecule has 4 aliphatic heterocycles. The fourth-order valence-corrected chi connectivity index (χ4v) is 6.79. The number of hydrogen-bond acceptors (Lipinski definition) is 6. The van der Waals surface area contributed by atoms with E-state index in [1.54, 1.807) is 4.90 Å². The highest BCUT2D eigenvalue weighted by Crippen LogP contribution is 2.37. The molecule has 3 saturated heterocycles. The van der Waals surface area contributed by atoms with Crippen molar-refractivity contribution in [2.75, 3.05) is 33.2 Å². The molecule has 0 bridgehead atoms. The zero-order chi connectivity index (χ0) is 24.8. The van der Waals surface area contributed by atoms with E-state index in [1.807, 2.05) is 6.07 Å². The Morgan fingerprint density at radius 3 is 2.39 bits per heavy atom. The predicted octanol–water partition coefficient (Wildman–Crippen LogP) is 2.27. The summed E-state index contributed by atoms with van der Waals surface area (Å²) in [5.41, 5.74) is 3.02. The van der Waals surface area contributed by atoms with Crippen LogP contribution >= 0.6 is 0 Å². The number of amides is 3. The summed E-state index contributed by atoms with van der Waals surface area (Å²) >= 11 is 0. The van der Waals surface area contributed by atoms with Crippen LogP contribution in [-0.4, -0.2) is 89.9 Å². The van der Waals surface area contributed by atoms with Crippen LogP contribution in [-0.2, 0) is 20.9 Å². The van der Waals surface area contributed by atoms with Gasteiger partial charge in [-0.15, -0.1) is 0 Å². The van der Waals surface area contributed by atoms with Crippen molar-refractivity contribution in [3.8, 4) is 0 Å². The Labute approximate surface area is 213 Å². The van der Waals surface area contributed by atoms with Gasteiger partial charge in [0.2, 0.25) is 11.8 Å². The molecule has 1 saturated carbocycles. The maximum Gasteiger partial charge on any atom is 0.255 e. The summed E-state index contributed by atoms with van der Waals surface area (Å²) < 4.78 is 6.38. The Balaban J connectivity index is 0.996. The summed E-state index contributed by atoms with van der Waals surface area (Å²) in [6.45, 7) is 5.00. The Morgan fingerprint density at radius 2 is 1.67 bits per heavy atom. The van der Waals surface area contributed by atoms with Gasteiger partial charge in [0.1, 0.15) is 6.04 Å². The van der Waals surface area contributed by atoms with Gasteiger partial charge in [0.05, 0.1) is 12.2 Å². The molecule has 1 N–H and O–H groups in total. The summed E-state index contributed by atoms with van der Waals surface area (Å²) in [4.78, 5) is 43.5. The SMILES string of the molecule is CN1CCC(OC2CC(N3CCC(c4ccc5c(c4)CN(C4CCC(=O)NC4=O)C5=O)CC3)C2)CC1. The van der Waals surface area contributed by atoms with Crippen LogP contribution in [0, 0.1) is 0 Å². The van der Waals surface area contributed by atoms with E-state index in [-0.39, 0.29) is 24.1 Å². The van der Waals surface area contributed by atoms with Crippen molar-refractivity contribution >= 4 is 17.7 Å². The van der Waals surface area contributed by atoms with Crippen molar-refractivity contribution in [2.45, 2.75) is 88.1 Å². The highest BCUT2D eigenvalue weighted by molar-refractivity contribution is 6.05. The molecule has 194 valence electrons. The molecule has 1 aromatic carbocycles. The minimum atomic E-state index is -0.552. The van der Waals surface area contributed by atoms with Crippen molar-refractivity contribution in [3.05, 3.63) is 34.9 Å². The molecule has 0 radical (unpaired) electrons. The molecule has 4 fully saturated rings. The maximum atomic E-state index is 13.0. The Kier molecular flexibility index (Phi) is 6.60. The maximum absolute atomic E-state index is 13.0. The molecule has 0 spiro atoms. The second-order valence-electron chi connectivity index (χ2n) is 11.5. The molecule has 1 aromatic rings. The first-order valence-corrected chi connectivity index (χ1v) is 13.8. The van der Waals surface area contributed by atoms with Crippen LogP contribution in [0.3, 0.4) is 0 Å². The first-order valence-electron chi connectivity index (χ1n) is 13.8. The number of piperidine rings is 3. The molecule has 0 aromatic heterocycles. The van der Waals surface area contributed by atoms with Gasteiger partial charge >= 0.3 is 0 Å². The third-order valence-corrected chi connectivity index (χ3v) is 9.19. The van der Waals surface area contributed by atoms with Gasteiger partial charge in [0.15, 0.2) is 0 Å². The average Bonchev–Trinajstić information content (AvgIpc) is 3.18. The lowest BCUT2D eigenvalue weighted by atomic mass is 9.83. The van der Waals surface area contributed by atoms with E-state index in [4.69, 9.17) is 4.74 Å². The number of ether oxygens (including phenoxy) is 1. The molecule has 1 unspecified atom stereocenters. The molecule has 36 heavy (non-hydrogen) atoms. The first-order chi connectivity index (χ1) is 17.4. The van der Waals surface area contributed by atoms with Crippen LogP contribution < -0.4 is 5.32 Å². The van der Waals surface area contributed by atoms with Crippen LogP contribution in [0.1, 0.15) is 78.8 Å². The van der Waals surface area contributed by atoms with Gasteiger partial charge in [0, 0.05) is 37.7 Å². The van der Waals surface area contributed by atoms with E-state index >= 15 is 0 Å². The lowest BCUT2D eigenvalue weighted by molar-refractivity contribution is -0.136. The van der Waals surface area contributed by atoms with Crippen molar-refractivity contribution in [1.82, 2.24) is 20.0 Å². The fourth-order valence-electron chi connectivity index (χ4n) is 6.79. The number of rotatable bonds is 5. The predicted molar refractivity (Wildman–Crippen MR) is 134 cm³/mol. The number of benzene rings is 1. The summed E-state index contributed by atoms with van der Waals surface area (Å²) in [7, 11) is 2.19. The van der Waals surface area contributed by atoms with Gasteiger partial charge in [-0.2, -0.15) is 0 Å². The summed E-state index contributed by atoms with van der Waals surface area (Å²) in [5, 5.41) is 2.38. The quantitative estimate of drug-likeness (QED) is 0.633. The lowest BCUT2D eigenvalue weighted by Gasteiger charge is -2.47. The van der Waals surface area contributed by atoms with Crippen molar-refractivity contribution in [1.29, 1.82) is 0 Å². The lowest BCUT2D eigenvalue weighted by Crippen LogP contribution is -2.52. The summed E-state index contributed by atoms with van der Waals surface area (Å²) in [6.07, 6.45) is 8.55. The molecule has 1 aliphatic carbocycles. The summed E-state index contributed by atoms with van der Waals surface area (Å²) in [5.74, 6) is -0.188. The number of nitrogens with zero attached hydrogens (tertiary/aromatic N) is 3. The van der Waals surface area contributed by atoms with E-state index in [1.165, 1.54) is 31.2 Å². The zero-order valence-corrected chi connectivity index (χ0v) is 21.3. The Bertz CT molecular complexity index is 1020. The van der Waals surface area contributed by atoms with E-state index in [0.717, 1.165) is 44.6 Å².